The quantitative estimate of drug-likeness (QED) is 0.676. The van der Waals surface area contributed by atoms with Crippen LogP contribution in [0, 0.1) is 11.6 Å². The first kappa shape index (κ1) is 10.6. The predicted octanol–water partition coefficient (Wildman–Crippen LogP) is 2.65. The minimum Gasteiger partial charge on any atom is -0.299 e. The van der Waals surface area contributed by atoms with E-state index in [4.69, 9.17) is 0 Å². The highest BCUT2D eigenvalue weighted by Gasteiger charge is 2.07. The SMILES string of the molecule is C=CCC(=O)Cc1ccc(F)cc1F. The van der Waals surface area contributed by atoms with Gasteiger partial charge in [-0.25, -0.2) is 8.78 Å². The number of hydrogen-bond donors (Lipinski definition) is 0. The second kappa shape index (κ2) is 4.65. The molecule has 0 fully saturated rings. The molecule has 0 saturated heterocycles. The molecule has 0 aromatic heterocycles. The lowest BCUT2D eigenvalue weighted by atomic mass is 10.1. The van der Waals surface area contributed by atoms with Crippen LogP contribution < -0.4 is 0 Å². The van der Waals surface area contributed by atoms with Crippen molar-refractivity contribution in [2.75, 3.05) is 0 Å². The third-order valence-corrected chi connectivity index (χ3v) is 1.77. The monoisotopic (exact) mass is 196 g/mol. The molecule has 0 N–H and O–H groups in total. The molecular formula is C11H10F2O. The van der Waals surface area contributed by atoms with E-state index in [0.29, 0.717) is 0 Å². The Labute approximate surface area is 81.1 Å². The zero-order chi connectivity index (χ0) is 10.6. The smallest absolute Gasteiger partial charge is 0.141 e. The van der Waals surface area contributed by atoms with E-state index in [1.165, 1.54) is 12.1 Å². The first-order chi connectivity index (χ1) is 6.63. The van der Waals surface area contributed by atoms with Crippen LogP contribution >= 0.6 is 0 Å². The van der Waals surface area contributed by atoms with Crippen LogP contribution in [0.2, 0.25) is 0 Å². The van der Waals surface area contributed by atoms with Gasteiger partial charge in [-0.2, -0.15) is 0 Å². The summed E-state index contributed by atoms with van der Waals surface area (Å²) in [6.07, 6.45) is 1.65. The summed E-state index contributed by atoms with van der Waals surface area (Å²) >= 11 is 0. The van der Waals surface area contributed by atoms with Crippen molar-refractivity contribution in [1.82, 2.24) is 0 Å². The molecule has 0 heterocycles. The van der Waals surface area contributed by atoms with Crippen LogP contribution in [0.25, 0.3) is 0 Å². The van der Waals surface area contributed by atoms with Crippen LogP contribution in [-0.2, 0) is 11.2 Å². The van der Waals surface area contributed by atoms with E-state index in [1.54, 1.807) is 0 Å². The Morgan fingerprint density at radius 3 is 2.71 bits per heavy atom. The molecule has 0 unspecified atom stereocenters. The summed E-state index contributed by atoms with van der Waals surface area (Å²) in [5, 5.41) is 0. The van der Waals surface area contributed by atoms with Crippen LogP contribution in [0.15, 0.2) is 30.9 Å². The van der Waals surface area contributed by atoms with Gasteiger partial charge in [-0.05, 0) is 11.6 Å². The molecule has 0 aliphatic rings. The van der Waals surface area contributed by atoms with Gasteiger partial charge in [0.1, 0.15) is 17.4 Å². The fourth-order valence-electron chi connectivity index (χ4n) is 1.11. The second-order valence-corrected chi connectivity index (χ2v) is 2.94. The second-order valence-electron chi connectivity index (χ2n) is 2.94. The summed E-state index contributed by atoms with van der Waals surface area (Å²) in [5.41, 5.74) is 0.221. The molecule has 0 radical (unpaired) electrons. The Bertz CT molecular complexity index is 358. The Morgan fingerprint density at radius 2 is 2.14 bits per heavy atom. The molecule has 3 heteroatoms. The molecule has 0 aliphatic carbocycles. The maximum absolute atomic E-state index is 13.0. The summed E-state index contributed by atoms with van der Waals surface area (Å²) in [6, 6.07) is 3.20. The maximum Gasteiger partial charge on any atom is 0.141 e. The minimum absolute atomic E-state index is 0.0157. The molecule has 1 aromatic carbocycles. The average Bonchev–Trinajstić information content (AvgIpc) is 2.10. The zero-order valence-corrected chi connectivity index (χ0v) is 7.59. The lowest BCUT2D eigenvalue weighted by molar-refractivity contribution is -0.117. The molecule has 0 saturated carbocycles. The largest absolute Gasteiger partial charge is 0.299 e. The van der Waals surface area contributed by atoms with Gasteiger partial charge in [-0.3, -0.25) is 4.79 Å². The topological polar surface area (TPSA) is 17.1 Å². The summed E-state index contributed by atoms with van der Waals surface area (Å²) in [5.74, 6) is -1.45. The van der Waals surface area contributed by atoms with Crippen LogP contribution in [0.5, 0.6) is 0 Å². The van der Waals surface area contributed by atoms with E-state index in [-0.39, 0.29) is 24.2 Å². The van der Waals surface area contributed by atoms with E-state index in [0.717, 1.165) is 12.1 Å². The molecule has 1 nitrogen and oxygen atoms in total. The highest BCUT2D eigenvalue weighted by Crippen LogP contribution is 2.11. The number of rotatable bonds is 4. The number of allylic oxidation sites excluding steroid dienone is 1. The zero-order valence-electron chi connectivity index (χ0n) is 7.59. The third kappa shape index (κ3) is 2.76. The standard InChI is InChI=1S/C11H10F2O/c1-2-3-10(14)6-8-4-5-9(12)7-11(8)13/h2,4-5,7H,1,3,6H2. The van der Waals surface area contributed by atoms with Gasteiger partial charge in [-0.15, -0.1) is 6.58 Å². The molecule has 0 atom stereocenters. The third-order valence-electron chi connectivity index (χ3n) is 1.77. The van der Waals surface area contributed by atoms with Crippen molar-refractivity contribution in [1.29, 1.82) is 0 Å². The highest BCUT2D eigenvalue weighted by molar-refractivity contribution is 5.82. The Kier molecular flexibility index (Phi) is 3.51. The van der Waals surface area contributed by atoms with Crippen molar-refractivity contribution >= 4 is 5.78 Å². The molecule has 1 aromatic rings. The molecular weight excluding hydrogens is 186 g/mol. The highest BCUT2D eigenvalue weighted by atomic mass is 19.1. The average molecular weight is 196 g/mol. The number of hydrogen-bond acceptors (Lipinski definition) is 1. The predicted molar refractivity (Wildman–Crippen MR) is 49.9 cm³/mol. The normalized spacial score (nSPS) is 9.86. The van der Waals surface area contributed by atoms with Crippen LogP contribution in [-0.4, -0.2) is 5.78 Å². The molecule has 0 spiro atoms. The first-order valence-corrected chi connectivity index (χ1v) is 4.20. The molecule has 0 amide bonds. The van der Waals surface area contributed by atoms with Crippen molar-refractivity contribution < 1.29 is 13.6 Å². The van der Waals surface area contributed by atoms with Crippen LogP contribution in [0.4, 0.5) is 8.78 Å². The number of halogens is 2. The van der Waals surface area contributed by atoms with Gasteiger partial charge in [0, 0.05) is 18.9 Å². The number of Topliss-reactive ketones (excluding diaryl/α,β-unsaturated/α-hetero) is 1. The van der Waals surface area contributed by atoms with Gasteiger partial charge in [0.05, 0.1) is 0 Å². The van der Waals surface area contributed by atoms with Crippen molar-refractivity contribution in [3.63, 3.8) is 0 Å². The molecule has 0 aliphatic heterocycles. The minimum atomic E-state index is -0.678. The van der Waals surface area contributed by atoms with E-state index >= 15 is 0 Å². The molecule has 0 bridgehead atoms. The van der Waals surface area contributed by atoms with E-state index < -0.39 is 11.6 Å². The molecule has 74 valence electrons. The Hall–Kier alpha value is -1.51. The van der Waals surface area contributed by atoms with Gasteiger partial charge in [-0.1, -0.05) is 12.1 Å². The summed E-state index contributed by atoms with van der Waals surface area (Å²) < 4.78 is 25.5. The van der Waals surface area contributed by atoms with Crippen LogP contribution in [0.3, 0.4) is 0 Å². The van der Waals surface area contributed by atoms with Crippen molar-refractivity contribution in [3.8, 4) is 0 Å². The first-order valence-electron chi connectivity index (χ1n) is 4.20. The maximum atomic E-state index is 13.0. The summed E-state index contributed by atoms with van der Waals surface area (Å²) in [7, 11) is 0. The van der Waals surface area contributed by atoms with Crippen molar-refractivity contribution in [2.24, 2.45) is 0 Å². The number of ketones is 1. The number of benzene rings is 1. The number of carbonyl (C=O) groups is 1. The lowest BCUT2D eigenvalue weighted by Crippen LogP contribution is -2.03. The number of carbonyl (C=O) groups excluding carboxylic acids is 1. The fraction of sp³-hybridized carbons (Fsp3) is 0.182. The fourth-order valence-corrected chi connectivity index (χ4v) is 1.11. The Morgan fingerprint density at radius 1 is 1.43 bits per heavy atom. The van der Waals surface area contributed by atoms with Gasteiger partial charge < -0.3 is 0 Å². The van der Waals surface area contributed by atoms with Gasteiger partial charge in [0.25, 0.3) is 0 Å². The van der Waals surface area contributed by atoms with E-state index in [2.05, 4.69) is 6.58 Å². The van der Waals surface area contributed by atoms with Gasteiger partial charge >= 0.3 is 0 Å². The lowest BCUT2D eigenvalue weighted by Gasteiger charge is -2.00. The summed E-state index contributed by atoms with van der Waals surface area (Å²) in [4.78, 5) is 11.1. The van der Waals surface area contributed by atoms with Crippen molar-refractivity contribution in [2.45, 2.75) is 12.8 Å². The van der Waals surface area contributed by atoms with E-state index in [9.17, 15) is 13.6 Å². The van der Waals surface area contributed by atoms with Gasteiger partial charge in [0.15, 0.2) is 0 Å². The van der Waals surface area contributed by atoms with Crippen LogP contribution in [0.1, 0.15) is 12.0 Å². The molecule has 1 rings (SSSR count). The summed E-state index contributed by atoms with van der Waals surface area (Å²) in [6.45, 7) is 3.40. The Balaban J connectivity index is 2.76. The molecule has 14 heavy (non-hydrogen) atoms. The van der Waals surface area contributed by atoms with Gasteiger partial charge in [0.2, 0.25) is 0 Å². The van der Waals surface area contributed by atoms with Crippen molar-refractivity contribution in [3.05, 3.63) is 48.1 Å². The van der Waals surface area contributed by atoms with E-state index in [1.807, 2.05) is 0 Å².